The van der Waals surface area contributed by atoms with Crippen molar-refractivity contribution in [3.05, 3.63) is 32.9 Å². The fourth-order valence-electron chi connectivity index (χ4n) is 1.32. The van der Waals surface area contributed by atoms with Crippen molar-refractivity contribution in [2.24, 2.45) is 0 Å². The maximum absolute atomic E-state index is 11.5. The molecule has 1 aromatic rings. The van der Waals surface area contributed by atoms with Crippen molar-refractivity contribution in [1.29, 1.82) is 0 Å². The van der Waals surface area contributed by atoms with E-state index in [9.17, 15) is 14.4 Å². The Balaban J connectivity index is 3.63. The first-order valence-corrected chi connectivity index (χ1v) is 4.75. The normalized spacial score (nSPS) is 9.88. The van der Waals surface area contributed by atoms with Crippen molar-refractivity contribution in [2.75, 3.05) is 14.2 Å². The van der Waals surface area contributed by atoms with E-state index in [0.717, 1.165) is 7.11 Å². The minimum Gasteiger partial charge on any atom is -0.465 e. The Bertz CT molecular complexity index is 525. The van der Waals surface area contributed by atoms with Gasteiger partial charge in [0, 0.05) is 5.56 Å². The molecule has 6 heteroatoms. The summed E-state index contributed by atoms with van der Waals surface area (Å²) in [4.78, 5) is 34.4. The van der Waals surface area contributed by atoms with Crippen molar-refractivity contribution >= 4 is 11.9 Å². The molecule has 0 amide bonds. The van der Waals surface area contributed by atoms with Crippen LogP contribution < -0.4 is 5.63 Å². The Labute approximate surface area is 97.1 Å². The molecule has 0 radical (unpaired) electrons. The predicted molar refractivity (Wildman–Crippen MR) is 57.1 cm³/mol. The molecule has 0 spiro atoms. The van der Waals surface area contributed by atoms with Crippen molar-refractivity contribution in [3.63, 3.8) is 0 Å². The Hall–Kier alpha value is -2.11. The van der Waals surface area contributed by atoms with E-state index in [-0.39, 0.29) is 11.1 Å². The van der Waals surface area contributed by atoms with Gasteiger partial charge in [0.2, 0.25) is 5.76 Å². The van der Waals surface area contributed by atoms with Gasteiger partial charge in [-0.2, -0.15) is 0 Å². The second kappa shape index (κ2) is 4.82. The van der Waals surface area contributed by atoms with E-state index >= 15 is 0 Å². The second-order valence-corrected chi connectivity index (χ2v) is 3.33. The van der Waals surface area contributed by atoms with Gasteiger partial charge in [-0.1, -0.05) is 0 Å². The number of ether oxygens (including phenoxy) is 2. The van der Waals surface area contributed by atoms with Gasteiger partial charge in [-0.05, 0) is 19.4 Å². The van der Waals surface area contributed by atoms with E-state index in [1.54, 1.807) is 0 Å². The highest BCUT2D eigenvalue weighted by Gasteiger charge is 2.26. The molecule has 0 saturated heterocycles. The summed E-state index contributed by atoms with van der Waals surface area (Å²) in [6.07, 6.45) is 0. The molecule has 0 aliphatic heterocycles. The zero-order valence-electron chi connectivity index (χ0n) is 9.95. The third-order valence-electron chi connectivity index (χ3n) is 2.43. The minimum atomic E-state index is -0.898. The Kier molecular flexibility index (Phi) is 3.67. The fourth-order valence-corrected chi connectivity index (χ4v) is 1.32. The molecule has 0 aliphatic rings. The average molecular weight is 240 g/mol. The van der Waals surface area contributed by atoms with Gasteiger partial charge < -0.3 is 13.9 Å². The molecular weight excluding hydrogens is 228 g/mol. The van der Waals surface area contributed by atoms with Crippen LogP contribution in [-0.2, 0) is 9.47 Å². The van der Waals surface area contributed by atoms with Crippen LogP contribution in [0.3, 0.4) is 0 Å². The van der Waals surface area contributed by atoms with Crippen LogP contribution in [-0.4, -0.2) is 26.2 Å². The summed E-state index contributed by atoms with van der Waals surface area (Å²) in [6, 6.07) is 0. The smallest absolute Gasteiger partial charge is 0.375 e. The van der Waals surface area contributed by atoms with E-state index in [4.69, 9.17) is 4.42 Å². The number of hydrogen-bond donors (Lipinski definition) is 0. The number of carbonyl (C=O) groups is 2. The van der Waals surface area contributed by atoms with Gasteiger partial charge in [0.1, 0.15) is 5.56 Å². The molecule has 0 unspecified atom stereocenters. The molecule has 0 N–H and O–H groups in total. The molecule has 1 heterocycles. The predicted octanol–water partition coefficient (Wildman–Crippen LogP) is 0.830. The average Bonchev–Trinajstić information content (AvgIpc) is 2.33. The molecular formula is C11H12O6. The van der Waals surface area contributed by atoms with Gasteiger partial charge in [0.15, 0.2) is 0 Å². The first kappa shape index (κ1) is 13.0. The summed E-state index contributed by atoms with van der Waals surface area (Å²) in [5.41, 5.74) is -0.182. The molecule has 17 heavy (non-hydrogen) atoms. The van der Waals surface area contributed by atoms with E-state index in [2.05, 4.69) is 9.47 Å². The Morgan fingerprint density at radius 2 is 1.53 bits per heavy atom. The highest BCUT2D eigenvalue weighted by molar-refractivity contribution is 6.02. The molecule has 1 rings (SSSR count). The summed E-state index contributed by atoms with van der Waals surface area (Å²) in [6.45, 7) is 3.03. The van der Waals surface area contributed by atoms with Crippen LogP contribution in [0.25, 0.3) is 0 Å². The largest absolute Gasteiger partial charge is 0.465 e. The second-order valence-electron chi connectivity index (χ2n) is 3.33. The van der Waals surface area contributed by atoms with Crippen molar-refractivity contribution in [3.8, 4) is 0 Å². The monoisotopic (exact) mass is 240 g/mol. The van der Waals surface area contributed by atoms with Crippen molar-refractivity contribution in [2.45, 2.75) is 13.8 Å². The number of rotatable bonds is 2. The molecule has 0 saturated carbocycles. The SMILES string of the molecule is COC(=O)c1oc(=O)c(C)c(C)c1C(=O)OC. The summed E-state index contributed by atoms with van der Waals surface area (Å²) in [7, 11) is 2.29. The zero-order chi connectivity index (χ0) is 13.2. The van der Waals surface area contributed by atoms with Crippen LogP contribution in [0.5, 0.6) is 0 Å². The molecule has 1 aromatic heterocycles. The summed E-state index contributed by atoms with van der Waals surface area (Å²) < 4.78 is 13.7. The van der Waals surface area contributed by atoms with Crippen LogP contribution in [0, 0.1) is 13.8 Å². The fraction of sp³-hybridized carbons (Fsp3) is 0.364. The van der Waals surface area contributed by atoms with E-state index in [0.29, 0.717) is 5.56 Å². The van der Waals surface area contributed by atoms with Gasteiger partial charge in [-0.3, -0.25) is 0 Å². The number of hydrogen-bond acceptors (Lipinski definition) is 6. The maximum atomic E-state index is 11.5. The lowest BCUT2D eigenvalue weighted by molar-refractivity contribution is 0.0518. The number of carbonyl (C=O) groups excluding carboxylic acids is 2. The minimum absolute atomic E-state index is 0.0866. The number of esters is 2. The molecule has 0 aliphatic carbocycles. The zero-order valence-corrected chi connectivity index (χ0v) is 9.95. The van der Waals surface area contributed by atoms with Crippen LogP contribution in [0.4, 0.5) is 0 Å². The highest BCUT2D eigenvalue weighted by atomic mass is 16.5. The standard InChI is InChI=1S/C11H12O6/c1-5-6(2)9(12)17-8(11(14)16-4)7(5)10(13)15-3/h1-4H3. The van der Waals surface area contributed by atoms with Crippen LogP contribution >= 0.6 is 0 Å². The van der Waals surface area contributed by atoms with Gasteiger partial charge in [0.25, 0.3) is 0 Å². The summed E-state index contributed by atoms with van der Waals surface area (Å²) in [5.74, 6) is -2.09. The molecule has 0 atom stereocenters. The van der Waals surface area contributed by atoms with Gasteiger partial charge in [-0.25, -0.2) is 14.4 Å². The van der Waals surface area contributed by atoms with Crippen LogP contribution in [0.2, 0.25) is 0 Å². The van der Waals surface area contributed by atoms with Crippen LogP contribution in [0.15, 0.2) is 9.21 Å². The lowest BCUT2D eigenvalue weighted by Gasteiger charge is -2.09. The maximum Gasteiger partial charge on any atom is 0.375 e. The van der Waals surface area contributed by atoms with Gasteiger partial charge in [0.05, 0.1) is 14.2 Å². The van der Waals surface area contributed by atoms with E-state index in [1.165, 1.54) is 21.0 Å². The third kappa shape index (κ3) is 2.20. The molecule has 92 valence electrons. The third-order valence-corrected chi connectivity index (χ3v) is 2.43. The first-order chi connectivity index (χ1) is 7.93. The quantitative estimate of drug-likeness (QED) is 0.712. The van der Waals surface area contributed by atoms with Crippen LogP contribution in [0.1, 0.15) is 32.0 Å². The highest BCUT2D eigenvalue weighted by Crippen LogP contribution is 2.17. The Morgan fingerprint density at radius 1 is 1.00 bits per heavy atom. The molecule has 6 nitrogen and oxygen atoms in total. The number of methoxy groups -OCH3 is 2. The first-order valence-electron chi connectivity index (χ1n) is 4.75. The van der Waals surface area contributed by atoms with Gasteiger partial charge in [-0.15, -0.1) is 0 Å². The summed E-state index contributed by atoms with van der Waals surface area (Å²) in [5, 5.41) is 0. The molecule has 0 fully saturated rings. The van der Waals surface area contributed by atoms with E-state index in [1.807, 2.05) is 0 Å². The Morgan fingerprint density at radius 3 is 2.00 bits per heavy atom. The van der Waals surface area contributed by atoms with E-state index < -0.39 is 23.3 Å². The van der Waals surface area contributed by atoms with Crippen molar-refractivity contribution < 1.29 is 23.5 Å². The van der Waals surface area contributed by atoms with Gasteiger partial charge >= 0.3 is 17.6 Å². The topological polar surface area (TPSA) is 82.8 Å². The lowest BCUT2D eigenvalue weighted by atomic mass is 10.0. The lowest BCUT2D eigenvalue weighted by Crippen LogP contribution is -2.20. The van der Waals surface area contributed by atoms with Crippen molar-refractivity contribution in [1.82, 2.24) is 0 Å². The summed E-state index contributed by atoms with van der Waals surface area (Å²) >= 11 is 0. The molecule has 0 aromatic carbocycles. The molecule has 0 bridgehead atoms.